The van der Waals surface area contributed by atoms with Crippen molar-refractivity contribution in [2.75, 3.05) is 0 Å². The fraction of sp³-hybridized carbons (Fsp3) is 0.231. The Morgan fingerprint density at radius 2 is 2.12 bits per heavy atom. The number of nitrogens with zero attached hydrogens (tertiary/aromatic N) is 2. The van der Waals surface area contributed by atoms with E-state index in [1.165, 1.54) is 5.56 Å². The van der Waals surface area contributed by atoms with E-state index >= 15 is 0 Å². The van der Waals surface area contributed by atoms with Crippen molar-refractivity contribution in [3.63, 3.8) is 0 Å². The highest BCUT2D eigenvalue weighted by Crippen LogP contribution is 2.13. The fourth-order valence-electron chi connectivity index (χ4n) is 1.77. The van der Waals surface area contributed by atoms with Gasteiger partial charge in [0.2, 0.25) is 0 Å². The highest BCUT2D eigenvalue weighted by Gasteiger charge is 2.04. The van der Waals surface area contributed by atoms with Gasteiger partial charge in [-0.1, -0.05) is 12.1 Å². The molecule has 0 aliphatic rings. The second-order valence-corrected chi connectivity index (χ2v) is 4.19. The number of hydrogen-bond acceptors (Lipinski definition) is 2. The monoisotopic (exact) mass is 228 g/mol. The number of hydrogen-bond donors (Lipinski definition) is 2. The molecule has 1 heterocycles. The number of aryl methyl sites for hydroxylation is 2. The molecule has 3 N–H and O–H groups in total. The van der Waals surface area contributed by atoms with Crippen LogP contribution < -0.4 is 5.73 Å². The molecule has 0 aliphatic carbocycles. The summed E-state index contributed by atoms with van der Waals surface area (Å²) >= 11 is 0. The number of nitrogens with two attached hydrogens (primary N) is 1. The summed E-state index contributed by atoms with van der Waals surface area (Å²) in [5, 5.41) is 11.7. The maximum atomic E-state index is 7.39. The van der Waals surface area contributed by atoms with Crippen molar-refractivity contribution in [1.29, 1.82) is 5.41 Å². The molecular weight excluding hydrogens is 212 g/mol. The SMILES string of the molecule is Cc1cc(C(=N)N)ccc1Cn1nccc1C. The zero-order valence-corrected chi connectivity index (χ0v) is 10.1. The number of nitrogen functional groups attached to an aromatic ring is 1. The Balaban J connectivity index is 2.29. The van der Waals surface area contributed by atoms with Crippen molar-refractivity contribution in [2.24, 2.45) is 5.73 Å². The van der Waals surface area contributed by atoms with Gasteiger partial charge in [-0.15, -0.1) is 0 Å². The largest absolute Gasteiger partial charge is 0.384 e. The second kappa shape index (κ2) is 4.41. The molecule has 1 aromatic carbocycles. The van der Waals surface area contributed by atoms with Crippen LogP contribution in [0.15, 0.2) is 30.5 Å². The lowest BCUT2D eigenvalue weighted by Crippen LogP contribution is -2.12. The number of aromatic nitrogens is 2. The van der Waals surface area contributed by atoms with Gasteiger partial charge in [-0.05, 0) is 37.1 Å². The van der Waals surface area contributed by atoms with E-state index in [9.17, 15) is 0 Å². The molecule has 0 spiro atoms. The average Bonchev–Trinajstić information content (AvgIpc) is 2.67. The fourth-order valence-corrected chi connectivity index (χ4v) is 1.77. The Kier molecular flexibility index (Phi) is 2.95. The summed E-state index contributed by atoms with van der Waals surface area (Å²) in [6.07, 6.45) is 1.80. The van der Waals surface area contributed by atoms with Crippen molar-refractivity contribution in [2.45, 2.75) is 20.4 Å². The summed E-state index contributed by atoms with van der Waals surface area (Å²) in [5.41, 5.74) is 9.69. The van der Waals surface area contributed by atoms with E-state index in [2.05, 4.69) is 5.10 Å². The zero-order chi connectivity index (χ0) is 12.4. The third-order valence-electron chi connectivity index (χ3n) is 2.90. The lowest BCUT2D eigenvalue weighted by Gasteiger charge is -2.09. The van der Waals surface area contributed by atoms with Crippen LogP contribution in [0.25, 0.3) is 0 Å². The first-order chi connectivity index (χ1) is 8.08. The van der Waals surface area contributed by atoms with Crippen LogP contribution in [0.3, 0.4) is 0 Å². The van der Waals surface area contributed by atoms with Crippen LogP contribution in [0, 0.1) is 19.3 Å². The van der Waals surface area contributed by atoms with Gasteiger partial charge in [0, 0.05) is 17.5 Å². The van der Waals surface area contributed by atoms with Gasteiger partial charge in [-0.25, -0.2) is 0 Å². The number of benzene rings is 1. The third-order valence-corrected chi connectivity index (χ3v) is 2.90. The Hall–Kier alpha value is -2.10. The normalized spacial score (nSPS) is 10.5. The van der Waals surface area contributed by atoms with Crippen LogP contribution in [0.1, 0.15) is 22.4 Å². The number of nitrogens with one attached hydrogen (secondary N) is 1. The standard InChI is InChI=1S/C13H16N4/c1-9-7-11(13(14)15)3-4-12(9)8-17-10(2)5-6-16-17/h3-7H,8H2,1-2H3,(H3,14,15). The summed E-state index contributed by atoms with van der Waals surface area (Å²) in [6.45, 7) is 4.82. The molecule has 17 heavy (non-hydrogen) atoms. The highest BCUT2D eigenvalue weighted by atomic mass is 15.3. The average molecular weight is 228 g/mol. The second-order valence-electron chi connectivity index (χ2n) is 4.19. The predicted molar refractivity (Wildman–Crippen MR) is 68.3 cm³/mol. The summed E-state index contributed by atoms with van der Waals surface area (Å²) in [5.74, 6) is 0.106. The molecule has 0 unspecified atom stereocenters. The van der Waals surface area contributed by atoms with Crippen LogP contribution >= 0.6 is 0 Å². The van der Waals surface area contributed by atoms with Gasteiger partial charge in [0.15, 0.2) is 0 Å². The summed E-state index contributed by atoms with van der Waals surface area (Å²) in [7, 11) is 0. The number of amidine groups is 1. The molecule has 0 amide bonds. The quantitative estimate of drug-likeness (QED) is 0.621. The molecule has 0 atom stereocenters. The lowest BCUT2D eigenvalue weighted by molar-refractivity contribution is 0.662. The van der Waals surface area contributed by atoms with Crippen LogP contribution in [-0.4, -0.2) is 15.6 Å². The van der Waals surface area contributed by atoms with Crippen molar-refractivity contribution in [1.82, 2.24) is 9.78 Å². The van der Waals surface area contributed by atoms with E-state index in [-0.39, 0.29) is 5.84 Å². The molecular formula is C13H16N4. The molecule has 4 nitrogen and oxygen atoms in total. The van der Waals surface area contributed by atoms with Crippen LogP contribution in [0.5, 0.6) is 0 Å². The predicted octanol–water partition coefficient (Wildman–Crippen LogP) is 1.83. The Bertz CT molecular complexity index is 554. The first-order valence-corrected chi connectivity index (χ1v) is 5.50. The highest BCUT2D eigenvalue weighted by molar-refractivity contribution is 5.95. The van der Waals surface area contributed by atoms with Crippen LogP contribution in [0.2, 0.25) is 0 Å². The topological polar surface area (TPSA) is 67.7 Å². The Labute approximate surface area is 101 Å². The summed E-state index contributed by atoms with van der Waals surface area (Å²) < 4.78 is 1.95. The molecule has 2 aromatic rings. The maximum Gasteiger partial charge on any atom is 0.122 e. The van der Waals surface area contributed by atoms with E-state index < -0.39 is 0 Å². The molecule has 0 saturated carbocycles. The Morgan fingerprint density at radius 3 is 2.65 bits per heavy atom. The van der Waals surface area contributed by atoms with Gasteiger partial charge in [-0.3, -0.25) is 10.1 Å². The van der Waals surface area contributed by atoms with Gasteiger partial charge in [-0.2, -0.15) is 5.10 Å². The molecule has 2 rings (SSSR count). The van der Waals surface area contributed by atoms with Crippen molar-refractivity contribution >= 4 is 5.84 Å². The molecule has 88 valence electrons. The lowest BCUT2D eigenvalue weighted by atomic mass is 10.0. The number of rotatable bonds is 3. The van der Waals surface area contributed by atoms with Crippen molar-refractivity contribution in [3.05, 3.63) is 52.8 Å². The van der Waals surface area contributed by atoms with Gasteiger partial charge in [0.25, 0.3) is 0 Å². The molecule has 0 bridgehead atoms. The van der Waals surface area contributed by atoms with E-state index in [1.54, 1.807) is 6.20 Å². The molecule has 1 aromatic heterocycles. The minimum absolute atomic E-state index is 0.106. The van der Waals surface area contributed by atoms with E-state index in [4.69, 9.17) is 11.1 Å². The minimum Gasteiger partial charge on any atom is -0.384 e. The van der Waals surface area contributed by atoms with E-state index in [0.29, 0.717) is 0 Å². The van der Waals surface area contributed by atoms with Gasteiger partial charge < -0.3 is 5.73 Å². The van der Waals surface area contributed by atoms with Crippen molar-refractivity contribution < 1.29 is 0 Å². The molecule has 0 saturated heterocycles. The van der Waals surface area contributed by atoms with Crippen molar-refractivity contribution in [3.8, 4) is 0 Å². The van der Waals surface area contributed by atoms with Crippen LogP contribution in [-0.2, 0) is 6.54 Å². The molecule has 0 fully saturated rings. The maximum absolute atomic E-state index is 7.39. The van der Waals surface area contributed by atoms with E-state index in [0.717, 1.165) is 23.4 Å². The first kappa shape index (κ1) is 11.4. The molecule has 4 heteroatoms. The zero-order valence-electron chi connectivity index (χ0n) is 10.1. The smallest absolute Gasteiger partial charge is 0.122 e. The van der Waals surface area contributed by atoms with Gasteiger partial charge in [0.1, 0.15) is 5.84 Å². The van der Waals surface area contributed by atoms with Gasteiger partial charge in [0.05, 0.1) is 6.54 Å². The summed E-state index contributed by atoms with van der Waals surface area (Å²) in [6, 6.07) is 7.81. The minimum atomic E-state index is 0.106. The first-order valence-electron chi connectivity index (χ1n) is 5.50. The molecule has 0 aliphatic heterocycles. The van der Waals surface area contributed by atoms with Crippen LogP contribution in [0.4, 0.5) is 0 Å². The van der Waals surface area contributed by atoms with Gasteiger partial charge >= 0.3 is 0 Å². The summed E-state index contributed by atoms with van der Waals surface area (Å²) in [4.78, 5) is 0. The third kappa shape index (κ3) is 2.36. The Morgan fingerprint density at radius 1 is 1.35 bits per heavy atom. The van der Waals surface area contributed by atoms with E-state index in [1.807, 2.05) is 42.8 Å². The molecule has 0 radical (unpaired) electrons.